The number of hydrogen-bond donors (Lipinski definition) is 1. The largest absolute Gasteiger partial charge is 0.454 e. The van der Waals surface area contributed by atoms with E-state index in [1.807, 2.05) is 42.5 Å². The summed E-state index contributed by atoms with van der Waals surface area (Å²) in [6.45, 7) is 0.270. The number of para-hydroxylation sites is 1. The highest BCUT2D eigenvalue weighted by Crippen LogP contribution is 2.32. The normalized spacial score (nSPS) is 12.2. The number of benzene rings is 2. The molecule has 0 bridgehead atoms. The molecule has 1 aliphatic heterocycles. The predicted molar refractivity (Wildman–Crippen MR) is 88.7 cm³/mol. The van der Waals surface area contributed by atoms with Gasteiger partial charge >= 0.3 is 0 Å². The monoisotopic (exact) mass is 395 g/mol. The second-order valence-corrected chi connectivity index (χ2v) is 5.88. The van der Waals surface area contributed by atoms with E-state index in [0.29, 0.717) is 12.8 Å². The standard InChI is InChI=1S/C16H14INO3/c17-12-3-1-2-4-13(12)18-16(19)8-6-11-5-7-14-15(9-11)21-10-20-14/h1-5,7,9H,6,8,10H2,(H,18,19). The quantitative estimate of drug-likeness (QED) is 0.806. The lowest BCUT2D eigenvalue weighted by atomic mass is 10.1. The van der Waals surface area contributed by atoms with E-state index >= 15 is 0 Å². The van der Waals surface area contributed by atoms with Gasteiger partial charge in [0, 0.05) is 9.99 Å². The molecule has 0 saturated carbocycles. The Balaban J connectivity index is 1.58. The number of carbonyl (C=O) groups excluding carboxylic acids is 1. The maximum atomic E-state index is 12.0. The molecule has 1 heterocycles. The third kappa shape index (κ3) is 3.47. The van der Waals surface area contributed by atoms with Crippen molar-refractivity contribution in [2.75, 3.05) is 12.1 Å². The van der Waals surface area contributed by atoms with E-state index in [0.717, 1.165) is 26.3 Å². The Morgan fingerprint density at radius 1 is 1.14 bits per heavy atom. The second kappa shape index (κ2) is 6.34. The van der Waals surface area contributed by atoms with Gasteiger partial charge in [-0.1, -0.05) is 18.2 Å². The lowest BCUT2D eigenvalue weighted by molar-refractivity contribution is -0.116. The molecule has 4 nitrogen and oxygen atoms in total. The van der Waals surface area contributed by atoms with Crippen molar-refractivity contribution in [1.29, 1.82) is 0 Å². The summed E-state index contributed by atoms with van der Waals surface area (Å²) in [4.78, 5) is 12.0. The Kier molecular flexibility index (Phi) is 4.28. The van der Waals surface area contributed by atoms with Gasteiger partial charge < -0.3 is 14.8 Å². The average Bonchev–Trinajstić information content (AvgIpc) is 2.95. The van der Waals surface area contributed by atoms with Crippen LogP contribution >= 0.6 is 22.6 Å². The zero-order valence-electron chi connectivity index (χ0n) is 11.3. The number of fused-ring (bicyclic) bond motifs is 1. The SMILES string of the molecule is O=C(CCc1ccc2c(c1)OCO2)Nc1ccccc1I. The van der Waals surface area contributed by atoms with E-state index in [9.17, 15) is 4.79 Å². The number of nitrogens with one attached hydrogen (secondary N) is 1. The molecule has 5 heteroatoms. The van der Waals surface area contributed by atoms with E-state index in [1.54, 1.807) is 0 Å². The molecule has 2 aromatic carbocycles. The van der Waals surface area contributed by atoms with Crippen LogP contribution in [0, 0.1) is 3.57 Å². The van der Waals surface area contributed by atoms with Crippen molar-refractivity contribution in [3.8, 4) is 11.5 Å². The van der Waals surface area contributed by atoms with Gasteiger partial charge in [0.1, 0.15) is 0 Å². The molecule has 0 aliphatic carbocycles. The highest BCUT2D eigenvalue weighted by atomic mass is 127. The molecule has 108 valence electrons. The summed E-state index contributed by atoms with van der Waals surface area (Å²) in [5.41, 5.74) is 1.92. The first-order valence-electron chi connectivity index (χ1n) is 6.65. The average molecular weight is 395 g/mol. The minimum Gasteiger partial charge on any atom is -0.454 e. The molecule has 2 aromatic rings. The Morgan fingerprint density at radius 2 is 1.95 bits per heavy atom. The zero-order chi connectivity index (χ0) is 14.7. The summed E-state index contributed by atoms with van der Waals surface area (Å²) in [6.07, 6.45) is 1.11. The fraction of sp³-hybridized carbons (Fsp3) is 0.188. The molecule has 0 radical (unpaired) electrons. The third-order valence-corrected chi connectivity index (χ3v) is 4.17. The summed E-state index contributed by atoms with van der Waals surface area (Å²) in [7, 11) is 0. The van der Waals surface area contributed by atoms with Crippen molar-refractivity contribution in [3.05, 3.63) is 51.6 Å². The van der Waals surface area contributed by atoms with Gasteiger partial charge in [-0.3, -0.25) is 4.79 Å². The number of aryl methyl sites for hydroxylation is 1. The molecular weight excluding hydrogens is 381 g/mol. The van der Waals surface area contributed by atoms with Crippen LogP contribution in [0.5, 0.6) is 11.5 Å². The molecule has 0 unspecified atom stereocenters. The summed E-state index contributed by atoms with van der Waals surface area (Å²) in [5.74, 6) is 1.53. The van der Waals surface area contributed by atoms with Crippen LogP contribution in [0.15, 0.2) is 42.5 Å². The first-order chi connectivity index (χ1) is 10.2. The van der Waals surface area contributed by atoms with Gasteiger partial charge in [-0.25, -0.2) is 0 Å². The molecular formula is C16H14INO3. The van der Waals surface area contributed by atoms with E-state index in [4.69, 9.17) is 9.47 Å². The van der Waals surface area contributed by atoms with Crippen molar-refractivity contribution < 1.29 is 14.3 Å². The lowest BCUT2D eigenvalue weighted by Crippen LogP contribution is -2.13. The van der Waals surface area contributed by atoms with Crippen LogP contribution in [0.3, 0.4) is 0 Å². The van der Waals surface area contributed by atoms with Crippen LogP contribution in [0.2, 0.25) is 0 Å². The Bertz CT molecular complexity index is 672. The number of carbonyl (C=O) groups is 1. The van der Waals surface area contributed by atoms with Crippen LogP contribution in [0.1, 0.15) is 12.0 Å². The number of rotatable bonds is 4. The molecule has 1 N–H and O–H groups in total. The molecule has 21 heavy (non-hydrogen) atoms. The molecule has 3 rings (SSSR count). The van der Waals surface area contributed by atoms with Crippen LogP contribution in [-0.2, 0) is 11.2 Å². The van der Waals surface area contributed by atoms with Gasteiger partial charge in [-0.05, 0) is 58.8 Å². The Morgan fingerprint density at radius 3 is 2.81 bits per heavy atom. The van der Waals surface area contributed by atoms with Crippen molar-refractivity contribution in [1.82, 2.24) is 0 Å². The smallest absolute Gasteiger partial charge is 0.231 e. The number of amides is 1. The maximum Gasteiger partial charge on any atom is 0.231 e. The van der Waals surface area contributed by atoms with Crippen LogP contribution in [0.4, 0.5) is 5.69 Å². The second-order valence-electron chi connectivity index (χ2n) is 4.72. The lowest BCUT2D eigenvalue weighted by Gasteiger charge is -2.07. The van der Waals surface area contributed by atoms with Crippen molar-refractivity contribution in [2.24, 2.45) is 0 Å². The zero-order valence-corrected chi connectivity index (χ0v) is 13.4. The van der Waals surface area contributed by atoms with Gasteiger partial charge in [0.25, 0.3) is 0 Å². The molecule has 0 spiro atoms. The minimum absolute atomic E-state index is 0.0109. The molecule has 0 atom stereocenters. The fourth-order valence-electron chi connectivity index (χ4n) is 2.13. The van der Waals surface area contributed by atoms with Crippen LogP contribution in [-0.4, -0.2) is 12.7 Å². The van der Waals surface area contributed by atoms with Gasteiger partial charge in [0.05, 0.1) is 5.69 Å². The van der Waals surface area contributed by atoms with Crippen molar-refractivity contribution in [2.45, 2.75) is 12.8 Å². The van der Waals surface area contributed by atoms with Gasteiger partial charge in [-0.2, -0.15) is 0 Å². The summed E-state index contributed by atoms with van der Waals surface area (Å²) >= 11 is 2.21. The van der Waals surface area contributed by atoms with Gasteiger partial charge in [0.15, 0.2) is 11.5 Å². The number of ether oxygens (including phenoxy) is 2. The molecule has 0 saturated heterocycles. The summed E-state index contributed by atoms with van der Waals surface area (Å²) in [5, 5.41) is 2.93. The Labute approximate surface area is 136 Å². The first-order valence-corrected chi connectivity index (χ1v) is 7.73. The summed E-state index contributed by atoms with van der Waals surface area (Å²) in [6, 6.07) is 13.5. The van der Waals surface area contributed by atoms with E-state index in [-0.39, 0.29) is 12.7 Å². The maximum absolute atomic E-state index is 12.0. The number of anilines is 1. The predicted octanol–water partition coefficient (Wildman–Crippen LogP) is 3.59. The topological polar surface area (TPSA) is 47.6 Å². The molecule has 0 fully saturated rings. The molecule has 1 aliphatic rings. The van der Waals surface area contributed by atoms with E-state index in [1.165, 1.54) is 0 Å². The molecule has 1 amide bonds. The van der Waals surface area contributed by atoms with Gasteiger partial charge in [0.2, 0.25) is 12.7 Å². The van der Waals surface area contributed by atoms with E-state index < -0.39 is 0 Å². The third-order valence-electron chi connectivity index (χ3n) is 3.23. The van der Waals surface area contributed by atoms with Crippen molar-refractivity contribution in [3.63, 3.8) is 0 Å². The van der Waals surface area contributed by atoms with Gasteiger partial charge in [-0.15, -0.1) is 0 Å². The summed E-state index contributed by atoms with van der Waals surface area (Å²) < 4.78 is 11.6. The highest BCUT2D eigenvalue weighted by molar-refractivity contribution is 14.1. The fourth-order valence-corrected chi connectivity index (χ4v) is 2.65. The number of hydrogen-bond acceptors (Lipinski definition) is 3. The van der Waals surface area contributed by atoms with Crippen molar-refractivity contribution >= 4 is 34.2 Å². The van der Waals surface area contributed by atoms with Crippen LogP contribution in [0.25, 0.3) is 0 Å². The Hall–Kier alpha value is -1.76. The highest BCUT2D eigenvalue weighted by Gasteiger charge is 2.13. The minimum atomic E-state index is 0.0109. The first kappa shape index (κ1) is 14.2. The van der Waals surface area contributed by atoms with Crippen LogP contribution < -0.4 is 14.8 Å². The van der Waals surface area contributed by atoms with E-state index in [2.05, 4.69) is 27.9 Å². The molecule has 0 aromatic heterocycles. The number of halogens is 1.